The fourth-order valence-corrected chi connectivity index (χ4v) is 7.76. The molecule has 1 aromatic carbocycles. The molecule has 186 valence electrons. The van der Waals surface area contributed by atoms with Gasteiger partial charge in [0.15, 0.2) is 0 Å². The third-order valence-corrected chi connectivity index (χ3v) is 10.0. The average molecular weight is 491 g/mol. The van der Waals surface area contributed by atoms with E-state index in [0.29, 0.717) is 18.9 Å². The van der Waals surface area contributed by atoms with Gasteiger partial charge in [-0.2, -0.15) is 4.31 Å². The van der Waals surface area contributed by atoms with Crippen LogP contribution in [-0.4, -0.2) is 99.4 Å². The predicted molar refractivity (Wildman–Crippen MR) is 125 cm³/mol. The first kappa shape index (κ1) is 23.7. The summed E-state index contributed by atoms with van der Waals surface area (Å²) in [7, 11) is -2.31. The van der Waals surface area contributed by atoms with E-state index in [0.717, 1.165) is 52.2 Å². The summed E-state index contributed by atoms with van der Waals surface area (Å²) < 4.78 is 33.5. The number of benzene rings is 1. The summed E-state index contributed by atoms with van der Waals surface area (Å²) in [4.78, 5) is 30.7. The zero-order valence-electron chi connectivity index (χ0n) is 19.7. The van der Waals surface area contributed by atoms with Crippen LogP contribution >= 0.6 is 0 Å². The van der Waals surface area contributed by atoms with Gasteiger partial charge in [-0.05, 0) is 43.2 Å². The average Bonchev–Trinajstić information content (AvgIpc) is 3.44. The van der Waals surface area contributed by atoms with Crippen molar-refractivity contribution in [3.8, 4) is 0 Å². The molecule has 0 unspecified atom stereocenters. The molecule has 3 saturated heterocycles. The largest absolute Gasteiger partial charge is 0.379 e. The van der Waals surface area contributed by atoms with Crippen LogP contribution in [0.3, 0.4) is 0 Å². The van der Waals surface area contributed by atoms with Crippen molar-refractivity contribution in [2.45, 2.75) is 42.7 Å². The number of likely N-dealkylation sites (tertiary alicyclic amines) is 1. The van der Waals surface area contributed by atoms with Crippen molar-refractivity contribution in [3.63, 3.8) is 0 Å². The number of likely N-dealkylation sites (N-methyl/N-ethyl adjacent to an activating group) is 1. The van der Waals surface area contributed by atoms with E-state index in [2.05, 4.69) is 10.2 Å². The molecule has 0 aromatic heterocycles. The van der Waals surface area contributed by atoms with Crippen LogP contribution in [0.1, 0.15) is 25.7 Å². The lowest BCUT2D eigenvalue weighted by atomic mass is 9.97. The Labute approximate surface area is 201 Å². The topological polar surface area (TPSA) is 99.3 Å². The SMILES string of the molecule is CNC(=O)[C@@H]1C[C@@]2(C[C@@H]2C(=O)N2CCC(N3CCOCC3)CC2)CN1S(=O)(=O)c1ccccc1. The second kappa shape index (κ2) is 9.22. The molecule has 3 aliphatic heterocycles. The molecule has 1 aliphatic carbocycles. The normalized spacial score (nSPS) is 31.0. The molecule has 3 heterocycles. The molecule has 1 aromatic rings. The van der Waals surface area contributed by atoms with Gasteiger partial charge in [-0.3, -0.25) is 14.5 Å². The Morgan fingerprint density at radius 1 is 1.03 bits per heavy atom. The second-order valence-electron chi connectivity index (χ2n) is 10.0. The van der Waals surface area contributed by atoms with Crippen LogP contribution in [0, 0.1) is 11.3 Å². The standard InChI is InChI=1S/C24H34N4O5S/c1-25-22(29)21-16-24(17-28(21)34(31,32)19-5-3-2-4-6-19)15-20(24)23(30)27-9-7-18(8-10-27)26-11-13-33-14-12-26/h2-6,18,20-21H,7-17H2,1H3,(H,25,29)/t20-,21+,24+/m1/s1. The molecule has 1 spiro atoms. The highest BCUT2D eigenvalue weighted by atomic mass is 32.2. The molecule has 4 aliphatic rings. The number of morpholine rings is 1. The van der Waals surface area contributed by atoms with Crippen molar-refractivity contribution >= 4 is 21.8 Å². The molecule has 0 radical (unpaired) electrons. The van der Waals surface area contributed by atoms with Gasteiger partial charge in [0.25, 0.3) is 0 Å². The van der Waals surface area contributed by atoms with Crippen LogP contribution in [0.4, 0.5) is 0 Å². The van der Waals surface area contributed by atoms with Crippen LogP contribution in [0.15, 0.2) is 35.2 Å². The van der Waals surface area contributed by atoms with Gasteiger partial charge < -0.3 is 15.0 Å². The monoisotopic (exact) mass is 490 g/mol. The van der Waals surface area contributed by atoms with Gasteiger partial charge in [-0.15, -0.1) is 0 Å². The molecule has 34 heavy (non-hydrogen) atoms. The summed E-state index contributed by atoms with van der Waals surface area (Å²) in [6, 6.07) is 7.93. The summed E-state index contributed by atoms with van der Waals surface area (Å²) >= 11 is 0. The van der Waals surface area contributed by atoms with Gasteiger partial charge in [0.2, 0.25) is 21.8 Å². The van der Waals surface area contributed by atoms with Gasteiger partial charge in [-0.1, -0.05) is 18.2 Å². The van der Waals surface area contributed by atoms with Crippen molar-refractivity contribution in [1.82, 2.24) is 19.4 Å². The third kappa shape index (κ3) is 4.25. The summed E-state index contributed by atoms with van der Waals surface area (Å²) in [5.41, 5.74) is -0.447. The predicted octanol–water partition coefficient (Wildman–Crippen LogP) is 0.525. The van der Waals surface area contributed by atoms with E-state index >= 15 is 0 Å². The number of piperidine rings is 1. The van der Waals surface area contributed by atoms with Crippen LogP contribution in [0.2, 0.25) is 0 Å². The van der Waals surface area contributed by atoms with Gasteiger partial charge in [0.05, 0.1) is 18.1 Å². The fourth-order valence-electron chi connectivity index (χ4n) is 6.05. The maximum Gasteiger partial charge on any atom is 0.243 e. The molecular weight excluding hydrogens is 456 g/mol. The number of nitrogens with one attached hydrogen (secondary N) is 1. The first-order chi connectivity index (χ1) is 16.4. The van der Waals surface area contributed by atoms with Crippen LogP contribution < -0.4 is 5.32 Å². The van der Waals surface area contributed by atoms with E-state index in [9.17, 15) is 18.0 Å². The fraction of sp³-hybridized carbons (Fsp3) is 0.667. The molecule has 4 fully saturated rings. The molecule has 1 saturated carbocycles. The number of sulfonamides is 1. The van der Waals surface area contributed by atoms with E-state index in [-0.39, 0.29) is 29.2 Å². The molecule has 9 nitrogen and oxygen atoms in total. The quantitative estimate of drug-likeness (QED) is 0.646. The van der Waals surface area contributed by atoms with Gasteiger partial charge in [0.1, 0.15) is 6.04 Å². The number of hydrogen-bond donors (Lipinski definition) is 1. The Morgan fingerprint density at radius 2 is 1.71 bits per heavy atom. The Balaban J connectivity index is 1.26. The highest BCUT2D eigenvalue weighted by Crippen LogP contribution is 2.61. The minimum atomic E-state index is -3.84. The number of nitrogens with zero attached hydrogens (tertiary/aromatic N) is 3. The number of ether oxygens (including phenoxy) is 1. The highest BCUT2D eigenvalue weighted by Gasteiger charge is 2.66. The second-order valence-corrected chi connectivity index (χ2v) is 11.9. The maximum absolute atomic E-state index is 13.4. The van der Waals surface area contributed by atoms with Crippen molar-refractivity contribution in [2.75, 3.05) is 53.0 Å². The number of carbonyl (C=O) groups is 2. The zero-order chi connectivity index (χ0) is 23.9. The van der Waals surface area contributed by atoms with Crippen molar-refractivity contribution < 1.29 is 22.7 Å². The Bertz CT molecular complexity index is 1020. The van der Waals surface area contributed by atoms with Crippen LogP contribution in [-0.2, 0) is 24.3 Å². The van der Waals surface area contributed by atoms with Crippen LogP contribution in [0.25, 0.3) is 0 Å². The van der Waals surface area contributed by atoms with Crippen molar-refractivity contribution in [3.05, 3.63) is 30.3 Å². The van der Waals surface area contributed by atoms with Gasteiger partial charge in [0, 0.05) is 51.7 Å². The summed E-state index contributed by atoms with van der Waals surface area (Å²) in [6.45, 7) is 5.14. The lowest BCUT2D eigenvalue weighted by molar-refractivity contribution is -0.135. The zero-order valence-corrected chi connectivity index (χ0v) is 20.5. The Morgan fingerprint density at radius 3 is 2.35 bits per heavy atom. The smallest absolute Gasteiger partial charge is 0.243 e. The Hall–Kier alpha value is -2.01. The van der Waals surface area contributed by atoms with Crippen molar-refractivity contribution in [1.29, 1.82) is 0 Å². The number of amides is 2. The van der Waals surface area contributed by atoms with E-state index in [1.807, 2.05) is 4.90 Å². The number of carbonyl (C=O) groups excluding carboxylic acids is 2. The molecule has 0 bridgehead atoms. The van der Waals surface area contributed by atoms with E-state index < -0.39 is 21.5 Å². The molecule has 3 atom stereocenters. The summed E-state index contributed by atoms with van der Waals surface area (Å²) in [6.07, 6.45) is 2.95. The Kier molecular flexibility index (Phi) is 6.43. The lowest BCUT2D eigenvalue weighted by Crippen LogP contribution is -2.50. The van der Waals surface area contributed by atoms with Crippen LogP contribution in [0.5, 0.6) is 0 Å². The maximum atomic E-state index is 13.4. The minimum absolute atomic E-state index is 0.120. The third-order valence-electron chi connectivity index (χ3n) is 8.14. The van der Waals surface area contributed by atoms with Gasteiger partial charge in [-0.25, -0.2) is 8.42 Å². The highest BCUT2D eigenvalue weighted by molar-refractivity contribution is 7.89. The first-order valence-electron chi connectivity index (χ1n) is 12.2. The number of hydrogen-bond acceptors (Lipinski definition) is 6. The summed E-state index contributed by atoms with van der Waals surface area (Å²) in [5.74, 6) is -0.411. The first-order valence-corrected chi connectivity index (χ1v) is 13.7. The molecule has 5 rings (SSSR count). The molecule has 1 N–H and O–H groups in total. The van der Waals surface area contributed by atoms with E-state index in [4.69, 9.17) is 4.74 Å². The van der Waals surface area contributed by atoms with E-state index in [1.54, 1.807) is 30.3 Å². The van der Waals surface area contributed by atoms with E-state index in [1.165, 1.54) is 11.4 Å². The van der Waals surface area contributed by atoms with Gasteiger partial charge >= 0.3 is 0 Å². The number of rotatable bonds is 5. The lowest BCUT2D eigenvalue weighted by Gasteiger charge is -2.40. The van der Waals surface area contributed by atoms with Crippen molar-refractivity contribution in [2.24, 2.45) is 11.3 Å². The minimum Gasteiger partial charge on any atom is -0.379 e. The molecule has 10 heteroatoms. The molecule has 2 amide bonds. The molecular formula is C24H34N4O5S. The summed E-state index contributed by atoms with van der Waals surface area (Å²) in [5, 5.41) is 2.62.